The van der Waals surface area contributed by atoms with E-state index in [1.165, 1.54) is 5.56 Å². The van der Waals surface area contributed by atoms with Gasteiger partial charge in [-0.2, -0.15) is 0 Å². The van der Waals surface area contributed by atoms with E-state index in [4.69, 9.17) is 11.6 Å². The maximum absolute atomic E-state index is 9.73. The van der Waals surface area contributed by atoms with Gasteiger partial charge in [0.15, 0.2) is 0 Å². The van der Waals surface area contributed by atoms with E-state index in [9.17, 15) is 5.11 Å². The number of aromatic hydroxyl groups is 1. The maximum Gasteiger partial charge on any atom is 0.120 e. The van der Waals surface area contributed by atoms with Crippen LogP contribution in [0.15, 0.2) is 42.5 Å². The second-order valence-electron chi connectivity index (χ2n) is 4.57. The fraction of sp³-hybridized carbons (Fsp3) is 0.250. The minimum absolute atomic E-state index is 0.263. The summed E-state index contributed by atoms with van der Waals surface area (Å²) in [6.07, 6.45) is 2.26. The summed E-state index contributed by atoms with van der Waals surface area (Å²) in [5.41, 5.74) is 3.18. The SMILES string of the molecule is CCCc1ccc(NCc2cc(Cl)ccc2O)cc1. The summed E-state index contributed by atoms with van der Waals surface area (Å²) in [6, 6.07) is 13.4. The van der Waals surface area contributed by atoms with Gasteiger partial charge >= 0.3 is 0 Å². The first-order valence-electron chi connectivity index (χ1n) is 6.49. The fourth-order valence-corrected chi connectivity index (χ4v) is 2.17. The summed E-state index contributed by atoms with van der Waals surface area (Å²) >= 11 is 5.92. The largest absolute Gasteiger partial charge is 0.508 e. The molecule has 2 aromatic rings. The number of phenolic OH excluding ortho intramolecular Hbond substituents is 1. The van der Waals surface area contributed by atoms with E-state index in [0.29, 0.717) is 11.6 Å². The third kappa shape index (κ3) is 3.90. The summed E-state index contributed by atoms with van der Waals surface area (Å²) in [5, 5.41) is 13.6. The molecule has 2 nitrogen and oxygen atoms in total. The Morgan fingerprint density at radius 1 is 1.11 bits per heavy atom. The normalized spacial score (nSPS) is 10.4. The van der Waals surface area contributed by atoms with Crippen molar-refractivity contribution in [1.82, 2.24) is 0 Å². The number of phenols is 1. The van der Waals surface area contributed by atoms with Crippen molar-refractivity contribution in [3.05, 3.63) is 58.6 Å². The average Bonchev–Trinajstić information content (AvgIpc) is 2.42. The highest BCUT2D eigenvalue weighted by Crippen LogP contribution is 2.22. The Bertz CT molecular complexity index is 537. The van der Waals surface area contributed by atoms with E-state index in [-0.39, 0.29) is 5.75 Å². The summed E-state index contributed by atoms with van der Waals surface area (Å²) in [6.45, 7) is 2.73. The quantitative estimate of drug-likeness (QED) is 0.835. The number of rotatable bonds is 5. The molecule has 2 rings (SSSR count). The molecule has 0 atom stereocenters. The molecule has 0 saturated carbocycles. The van der Waals surface area contributed by atoms with E-state index in [1.54, 1.807) is 18.2 Å². The van der Waals surface area contributed by atoms with Crippen LogP contribution in [0.3, 0.4) is 0 Å². The number of hydrogen-bond donors (Lipinski definition) is 2. The first kappa shape index (κ1) is 13.8. The van der Waals surface area contributed by atoms with Crippen LogP contribution in [0, 0.1) is 0 Å². The molecule has 0 radical (unpaired) electrons. The summed E-state index contributed by atoms with van der Waals surface area (Å²) in [7, 11) is 0. The monoisotopic (exact) mass is 275 g/mol. The van der Waals surface area contributed by atoms with Crippen LogP contribution in [0.5, 0.6) is 5.75 Å². The molecular weight excluding hydrogens is 258 g/mol. The molecule has 0 unspecified atom stereocenters. The Balaban J connectivity index is 2.00. The highest BCUT2D eigenvalue weighted by Gasteiger charge is 2.02. The molecule has 3 heteroatoms. The van der Waals surface area contributed by atoms with Crippen LogP contribution in [0.2, 0.25) is 5.02 Å². The first-order valence-corrected chi connectivity index (χ1v) is 6.87. The van der Waals surface area contributed by atoms with E-state index in [2.05, 4.69) is 36.5 Å². The Hall–Kier alpha value is -1.67. The lowest BCUT2D eigenvalue weighted by Gasteiger charge is -2.09. The molecule has 19 heavy (non-hydrogen) atoms. The summed E-state index contributed by atoms with van der Waals surface area (Å²) < 4.78 is 0. The zero-order chi connectivity index (χ0) is 13.7. The highest BCUT2D eigenvalue weighted by atomic mass is 35.5. The molecule has 2 aromatic carbocycles. The Labute approximate surface area is 119 Å². The van der Waals surface area contributed by atoms with Crippen molar-refractivity contribution < 1.29 is 5.11 Å². The standard InChI is InChI=1S/C16H18ClNO/c1-2-3-12-4-7-15(8-5-12)18-11-13-10-14(17)6-9-16(13)19/h4-10,18-19H,2-3,11H2,1H3. The van der Waals surface area contributed by atoms with Crippen molar-refractivity contribution >= 4 is 17.3 Å². The van der Waals surface area contributed by atoms with Gasteiger partial charge in [-0.25, -0.2) is 0 Å². The van der Waals surface area contributed by atoms with Crippen LogP contribution in [0.25, 0.3) is 0 Å². The number of anilines is 1. The Morgan fingerprint density at radius 3 is 2.53 bits per heavy atom. The minimum atomic E-state index is 0.263. The Morgan fingerprint density at radius 2 is 1.84 bits per heavy atom. The molecule has 0 amide bonds. The molecule has 0 heterocycles. The zero-order valence-corrected chi connectivity index (χ0v) is 11.7. The number of halogens is 1. The molecular formula is C16H18ClNO. The molecule has 0 aromatic heterocycles. The van der Waals surface area contributed by atoms with Gasteiger partial charge in [-0.15, -0.1) is 0 Å². The second-order valence-corrected chi connectivity index (χ2v) is 5.01. The fourth-order valence-electron chi connectivity index (χ4n) is 1.97. The molecule has 100 valence electrons. The van der Waals surface area contributed by atoms with Gasteiger partial charge in [0.1, 0.15) is 5.75 Å². The molecule has 0 aliphatic carbocycles. The van der Waals surface area contributed by atoms with Gasteiger partial charge in [-0.1, -0.05) is 37.1 Å². The predicted octanol–water partition coefficient (Wildman–Crippen LogP) is 4.61. The molecule has 0 bridgehead atoms. The molecule has 2 N–H and O–H groups in total. The van der Waals surface area contributed by atoms with Gasteiger partial charge in [0.2, 0.25) is 0 Å². The lowest BCUT2D eigenvalue weighted by molar-refractivity contribution is 0.469. The van der Waals surface area contributed by atoms with E-state index in [0.717, 1.165) is 24.1 Å². The zero-order valence-electron chi connectivity index (χ0n) is 11.0. The van der Waals surface area contributed by atoms with E-state index in [1.807, 2.05) is 0 Å². The number of aryl methyl sites for hydroxylation is 1. The molecule has 0 fully saturated rings. The summed E-state index contributed by atoms with van der Waals surface area (Å²) in [5.74, 6) is 0.263. The highest BCUT2D eigenvalue weighted by molar-refractivity contribution is 6.30. The number of hydrogen-bond acceptors (Lipinski definition) is 2. The van der Waals surface area contributed by atoms with Crippen molar-refractivity contribution in [2.45, 2.75) is 26.3 Å². The van der Waals surface area contributed by atoms with Crippen molar-refractivity contribution in [1.29, 1.82) is 0 Å². The van der Waals surface area contributed by atoms with Crippen molar-refractivity contribution in [3.63, 3.8) is 0 Å². The third-order valence-electron chi connectivity index (χ3n) is 3.02. The predicted molar refractivity (Wildman–Crippen MR) is 80.9 cm³/mol. The van der Waals surface area contributed by atoms with Crippen LogP contribution in [0.4, 0.5) is 5.69 Å². The average molecular weight is 276 g/mol. The van der Waals surface area contributed by atoms with E-state index >= 15 is 0 Å². The van der Waals surface area contributed by atoms with Crippen molar-refractivity contribution in [2.24, 2.45) is 0 Å². The molecule has 0 aliphatic rings. The van der Waals surface area contributed by atoms with Crippen LogP contribution < -0.4 is 5.32 Å². The van der Waals surface area contributed by atoms with Gasteiger partial charge in [-0.3, -0.25) is 0 Å². The van der Waals surface area contributed by atoms with Crippen LogP contribution in [0.1, 0.15) is 24.5 Å². The number of benzene rings is 2. The lowest BCUT2D eigenvalue weighted by Crippen LogP contribution is -1.99. The second kappa shape index (κ2) is 6.48. The van der Waals surface area contributed by atoms with Crippen LogP contribution in [-0.4, -0.2) is 5.11 Å². The van der Waals surface area contributed by atoms with Crippen LogP contribution in [-0.2, 0) is 13.0 Å². The van der Waals surface area contributed by atoms with Crippen molar-refractivity contribution in [3.8, 4) is 5.75 Å². The third-order valence-corrected chi connectivity index (χ3v) is 3.25. The minimum Gasteiger partial charge on any atom is -0.508 e. The molecule has 0 aliphatic heterocycles. The topological polar surface area (TPSA) is 32.3 Å². The molecule has 0 saturated heterocycles. The maximum atomic E-state index is 9.73. The van der Waals surface area contributed by atoms with E-state index < -0.39 is 0 Å². The van der Waals surface area contributed by atoms with Gasteiger partial charge < -0.3 is 10.4 Å². The van der Waals surface area contributed by atoms with Crippen LogP contribution >= 0.6 is 11.6 Å². The molecule has 0 spiro atoms. The Kier molecular flexibility index (Phi) is 4.69. The van der Waals surface area contributed by atoms with Gasteiger partial charge in [0.05, 0.1) is 0 Å². The van der Waals surface area contributed by atoms with Crippen molar-refractivity contribution in [2.75, 3.05) is 5.32 Å². The number of nitrogens with one attached hydrogen (secondary N) is 1. The first-order chi connectivity index (χ1) is 9.19. The lowest BCUT2D eigenvalue weighted by atomic mass is 10.1. The van der Waals surface area contributed by atoms with Gasteiger partial charge in [0.25, 0.3) is 0 Å². The summed E-state index contributed by atoms with van der Waals surface area (Å²) in [4.78, 5) is 0. The van der Waals surface area contributed by atoms with Gasteiger partial charge in [-0.05, 0) is 42.3 Å². The smallest absolute Gasteiger partial charge is 0.120 e. The van der Waals surface area contributed by atoms with Gasteiger partial charge in [0, 0.05) is 22.8 Å².